The number of hydrogen-bond donors (Lipinski definition) is 3. The zero-order valence-corrected chi connectivity index (χ0v) is 11.5. The molecule has 0 aliphatic carbocycles. The van der Waals surface area contributed by atoms with Crippen molar-refractivity contribution in [3.63, 3.8) is 0 Å². The number of aromatic carboxylic acids is 1. The van der Waals surface area contributed by atoms with Crippen LogP contribution in [0, 0.1) is 6.92 Å². The number of aromatic nitrogens is 1. The van der Waals surface area contributed by atoms with E-state index >= 15 is 0 Å². The Bertz CT molecular complexity index is 639. The van der Waals surface area contributed by atoms with Crippen molar-refractivity contribution >= 4 is 29.0 Å². The Kier molecular flexibility index (Phi) is 4.31. The number of anilines is 1. The number of carboxylic acids is 1. The SMILES string of the molecule is Cc1ccc(CNC(=O)Nc2cccnc2C(=O)O)s1. The summed E-state index contributed by atoms with van der Waals surface area (Å²) in [5.41, 5.74) is -0.0190. The second-order valence-electron chi connectivity index (χ2n) is 4.02. The van der Waals surface area contributed by atoms with Crippen molar-refractivity contribution in [3.05, 3.63) is 45.9 Å². The molecule has 0 bridgehead atoms. The van der Waals surface area contributed by atoms with Crippen molar-refractivity contribution in [3.8, 4) is 0 Å². The summed E-state index contributed by atoms with van der Waals surface area (Å²) in [5.74, 6) is -1.19. The van der Waals surface area contributed by atoms with Gasteiger partial charge in [0.15, 0.2) is 5.69 Å². The Hall–Kier alpha value is -2.41. The largest absolute Gasteiger partial charge is 0.476 e. The molecule has 3 N–H and O–H groups in total. The highest BCUT2D eigenvalue weighted by molar-refractivity contribution is 7.11. The normalized spacial score (nSPS) is 10.1. The van der Waals surface area contributed by atoms with E-state index in [2.05, 4.69) is 15.6 Å². The Labute approximate surface area is 119 Å². The molecule has 0 fully saturated rings. The summed E-state index contributed by atoms with van der Waals surface area (Å²) in [5, 5.41) is 14.1. The third-order valence-electron chi connectivity index (χ3n) is 2.48. The molecule has 2 aromatic rings. The lowest BCUT2D eigenvalue weighted by Crippen LogP contribution is -2.28. The van der Waals surface area contributed by atoms with Crippen LogP contribution in [0.15, 0.2) is 30.5 Å². The monoisotopic (exact) mass is 291 g/mol. The van der Waals surface area contributed by atoms with Gasteiger partial charge in [0.2, 0.25) is 0 Å². The summed E-state index contributed by atoms with van der Waals surface area (Å²) >= 11 is 1.60. The van der Waals surface area contributed by atoms with Crippen LogP contribution in [0.2, 0.25) is 0 Å². The lowest BCUT2D eigenvalue weighted by molar-refractivity contribution is 0.0692. The maximum atomic E-state index is 11.7. The fourth-order valence-corrected chi connectivity index (χ4v) is 2.42. The summed E-state index contributed by atoms with van der Waals surface area (Å²) in [4.78, 5) is 28.6. The van der Waals surface area contributed by atoms with Crippen LogP contribution in [0.4, 0.5) is 10.5 Å². The first-order valence-corrected chi connectivity index (χ1v) is 6.66. The van der Waals surface area contributed by atoms with Gasteiger partial charge in [-0.2, -0.15) is 0 Å². The van der Waals surface area contributed by atoms with Crippen LogP contribution in [0.3, 0.4) is 0 Å². The van der Waals surface area contributed by atoms with Gasteiger partial charge in [0, 0.05) is 16.0 Å². The van der Waals surface area contributed by atoms with Gasteiger partial charge in [-0.1, -0.05) is 0 Å². The molecule has 0 radical (unpaired) electrons. The van der Waals surface area contributed by atoms with Crippen LogP contribution in [0.25, 0.3) is 0 Å². The molecule has 0 unspecified atom stereocenters. The third kappa shape index (κ3) is 3.55. The summed E-state index contributed by atoms with van der Waals surface area (Å²) in [6.45, 7) is 2.38. The molecule has 0 atom stereocenters. The number of carbonyl (C=O) groups is 2. The number of nitrogens with one attached hydrogen (secondary N) is 2. The van der Waals surface area contributed by atoms with Crippen molar-refractivity contribution in [1.82, 2.24) is 10.3 Å². The molecule has 0 saturated carbocycles. The lowest BCUT2D eigenvalue weighted by Gasteiger charge is -2.08. The number of carbonyl (C=O) groups excluding carboxylic acids is 1. The second-order valence-corrected chi connectivity index (χ2v) is 5.40. The number of aryl methyl sites for hydroxylation is 1. The quantitative estimate of drug-likeness (QED) is 0.807. The predicted octanol–water partition coefficient (Wildman–Crippen LogP) is 2.47. The number of rotatable bonds is 4. The molecule has 0 aliphatic heterocycles. The van der Waals surface area contributed by atoms with E-state index in [0.717, 1.165) is 4.88 Å². The van der Waals surface area contributed by atoms with Crippen molar-refractivity contribution in [1.29, 1.82) is 0 Å². The number of carboxylic acid groups (broad SMARTS) is 1. The minimum absolute atomic E-state index is 0.167. The lowest BCUT2D eigenvalue weighted by atomic mass is 10.3. The summed E-state index contributed by atoms with van der Waals surface area (Å²) < 4.78 is 0. The zero-order valence-electron chi connectivity index (χ0n) is 10.7. The molecule has 7 heteroatoms. The third-order valence-corrected chi connectivity index (χ3v) is 3.48. The molecule has 2 heterocycles. The van der Waals surface area contributed by atoms with Gasteiger partial charge in [0.1, 0.15) is 0 Å². The van der Waals surface area contributed by atoms with Gasteiger partial charge >= 0.3 is 12.0 Å². The van der Waals surface area contributed by atoms with Crippen LogP contribution < -0.4 is 10.6 Å². The number of amides is 2. The summed E-state index contributed by atoms with van der Waals surface area (Å²) in [7, 11) is 0. The molecule has 20 heavy (non-hydrogen) atoms. The Morgan fingerprint density at radius 1 is 1.35 bits per heavy atom. The highest BCUT2D eigenvalue weighted by atomic mass is 32.1. The maximum Gasteiger partial charge on any atom is 0.356 e. The van der Waals surface area contributed by atoms with Gasteiger partial charge in [-0.3, -0.25) is 0 Å². The Morgan fingerprint density at radius 2 is 2.15 bits per heavy atom. The standard InChI is InChI=1S/C13H13N3O3S/c1-8-4-5-9(20-8)7-15-13(19)16-10-3-2-6-14-11(10)12(17)18/h2-6H,7H2,1H3,(H,17,18)(H2,15,16,19). The molecule has 2 aromatic heterocycles. The van der Waals surface area contributed by atoms with Crippen LogP contribution in [-0.2, 0) is 6.54 Å². The summed E-state index contributed by atoms with van der Waals surface area (Å²) in [6, 6.07) is 6.50. The molecule has 2 amide bonds. The van der Waals surface area contributed by atoms with Crippen LogP contribution in [0.1, 0.15) is 20.2 Å². The van der Waals surface area contributed by atoms with E-state index in [0.29, 0.717) is 6.54 Å². The number of hydrogen-bond acceptors (Lipinski definition) is 4. The van der Waals surface area contributed by atoms with Gasteiger partial charge in [-0.05, 0) is 31.2 Å². The first kappa shape index (κ1) is 14.0. The van der Waals surface area contributed by atoms with E-state index in [1.165, 1.54) is 17.1 Å². The zero-order chi connectivity index (χ0) is 14.5. The first-order valence-electron chi connectivity index (χ1n) is 5.85. The van der Waals surface area contributed by atoms with E-state index in [4.69, 9.17) is 5.11 Å². The minimum Gasteiger partial charge on any atom is -0.476 e. The van der Waals surface area contributed by atoms with E-state index < -0.39 is 12.0 Å². The smallest absolute Gasteiger partial charge is 0.356 e. The average molecular weight is 291 g/mol. The van der Waals surface area contributed by atoms with Gasteiger partial charge < -0.3 is 15.7 Å². The average Bonchev–Trinajstić information content (AvgIpc) is 2.83. The molecular formula is C13H13N3O3S. The maximum absolute atomic E-state index is 11.7. The molecule has 2 rings (SSSR count). The molecule has 0 aliphatic rings. The second kappa shape index (κ2) is 6.16. The Morgan fingerprint density at radius 3 is 2.80 bits per heavy atom. The number of nitrogens with zero attached hydrogens (tertiary/aromatic N) is 1. The molecule has 6 nitrogen and oxygen atoms in total. The molecule has 0 saturated heterocycles. The topological polar surface area (TPSA) is 91.3 Å². The fourth-order valence-electron chi connectivity index (χ4n) is 1.59. The van der Waals surface area contributed by atoms with Gasteiger partial charge in [-0.25, -0.2) is 14.6 Å². The molecular weight excluding hydrogens is 278 g/mol. The highest BCUT2D eigenvalue weighted by Gasteiger charge is 2.13. The van der Waals surface area contributed by atoms with Crippen molar-refractivity contribution < 1.29 is 14.7 Å². The predicted molar refractivity (Wildman–Crippen MR) is 76.1 cm³/mol. The number of pyridine rings is 1. The van der Waals surface area contributed by atoms with E-state index in [1.807, 2.05) is 19.1 Å². The molecule has 0 spiro atoms. The first-order chi connectivity index (χ1) is 9.56. The van der Waals surface area contributed by atoms with Gasteiger partial charge in [0.25, 0.3) is 0 Å². The minimum atomic E-state index is -1.19. The van der Waals surface area contributed by atoms with Crippen LogP contribution >= 0.6 is 11.3 Å². The van der Waals surface area contributed by atoms with Crippen molar-refractivity contribution in [2.45, 2.75) is 13.5 Å². The van der Waals surface area contributed by atoms with Crippen molar-refractivity contribution in [2.75, 3.05) is 5.32 Å². The van der Waals surface area contributed by atoms with E-state index in [9.17, 15) is 9.59 Å². The number of thiophene rings is 1. The van der Waals surface area contributed by atoms with Crippen molar-refractivity contribution in [2.24, 2.45) is 0 Å². The van der Waals surface area contributed by atoms with Gasteiger partial charge in [0.05, 0.1) is 12.2 Å². The van der Waals surface area contributed by atoms with Crippen LogP contribution in [0.5, 0.6) is 0 Å². The molecule has 0 aromatic carbocycles. The van der Waals surface area contributed by atoms with Crippen LogP contribution in [-0.4, -0.2) is 22.1 Å². The highest BCUT2D eigenvalue weighted by Crippen LogP contribution is 2.15. The number of urea groups is 1. The van der Waals surface area contributed by atoms with E-state index in [1.54, 1.807) is 17.4 Å². The van der Waals surface area contributed by atoms with Gasteiger partial charge in [-0.15, -0.1) is 11.3 Å². The fraction of sp³-hybridized carbons (Fsp3) is 0.154. The Balaban J connectivity index is 1.96. The van der Waals surface area contributed by atoms with E-state index in [-0.39, 0.29) is 11.4 Å². The molecule has 104 valence electrons. The summed E-state index contributed by atoms with van der Waals surface area (Å²) in [6.07, 6.45) is 1.36.